The lowest BCUT2D eigenvalue weighted by Crippen LogP contribution is -2.14. The van der Waals surface area contributed by atoms with Crippen LogP contribution in [-0.2, 0) is 0 Å². The summed E-state index contributed by atoms with van der Waals surface area (Å²) in [5.74, 6) is 6.26. The Morgan fingerprint density at radius 2 is 1.95 bits per heavy atom. The molecule has 0 radical (unpaired) electrons. The topological polar surface area (TPSA) is 33.1 Å². The summed E-state index contributed by atoms with van der Waals surface area (Å²) in [6, 6.07) is 5.92. The average Bonchev–Trinajstić information content (AvgIpc) is 2.34. The fourth-order valence-corrected chi connectivity index (χ4v) is 2.23. The van der Waals surface area contributed by atoms with Crippen molar-refractivity contribution in [3.8, 4) is 11.8 Å². The van der Waals surface area contributed by atoms with Gasteiger partial charge in [-0.25, -0.2) is 4.98 Å². The quantitative estimate of drug-likeness (QED) is 0.632. The van der Waals surface area contributed by atoms with Crippen molar-refractivity contribution in [2.45, 2.75) is 39.2 Å². The summed E-state index contributed by atoms with van der Waals surface area (Å²) in [5.41, 5.74) is 1.07. The van der Waals surface area contributed by atoms with Crippen molar-refractivity contribution in [1.82, 2.24) is 4.98 Å². The van der Waals surface area contributed by atoms with Gasteiger partial charge in [0.15, 0.2) is 0 Å². The Kier molecular flexibility index (Phi) is 4.04. The van der Waals surface area contributed by atoms with Crippen molar-refractivity contribution in [3.05, 3.63) is 40.7 Å². The molecule has 0 saturated heterocycles. The van der Waals surface area contributed by atoms with Crippen molar-refractivity contribution in [2.24, 2.45) is 0 Å². The summed E-state index contributed by atoms with van der Waals surface area (Å²) in [4.78, 5) is 4.15. The van der Waals surface area contributed by atoms with Crippen LogP contribution in [0.5, 0.6) is 0 Å². The lowest BCUT2D eigenvalue weighted by Gasteiger charge is -2.12. The molecule has 1 N–H and O–H groups in total. The van der Waals surface area contributed by atoms with Gasteiger partial charge >= 0.3 is 0 Å². The molecule has 0 unspecified atom stereocenters. The van der Waals surface area contributed by atoms with Crippen molar-refractivity contribution < 1.29 is 5.11 Å². The van der Waals surface area contributed by atoms with E-state index < -0.39 is 5.60 Å². The monoisotopic (exact) mass is 287 g/mol. The standard InChI is InChI=1S/C17H18ClNO/c1-11(2)13-6-5-12(7-8-17(3,4)20)15-10-19-16(18)9-14(13)15/h5-6,9-11,20H,1-4H3. The molecule has 2 rings (SSSR count). The van der Waals surface area contributed by atoms with Crippen LogP contribution in [0.1, 0.15) is 44.7 Å². The predicted octanol–water partition coefficient (Wildman–Crippen LogP) is 4.13. The van der Waals surface area contributed by atoms with E-state index in [9.17, 15) is 5.11 Å². The minimum absolute atomic E-state index is 0.396. The molecule has 0 bridgehead atoms. The molecule has 0 aliphatic carbocycles. The van der Waals surface area contributed by atoms with Crippen LogP contribution in [-0.4, -0.2) is 15.7 Å². The predicted molar refractivity (Wildman–Crippen MR) is 84.0 cm³/mol. The van der Waals surface area contributed by atoms with Gasteiger partial charge in [-0.05, 0) is 42.8 Å². The minimum atomic E-state index is -1.01. The van der Waals surface area contributed by atoms with E-state index in [2.05, 4.69) is 36.7 Å². The number of halogens is 1. The normalized spacial score (nSPS) is 11.6. The van der Waals surface area contributed by atoms with Gasteiger partial charge in [-0.1, -0.05) is 43.4 Å². The first-order valence-electron chi connectivity index (χ1n) is 6.61. The zero-order valence-corrected chi connectivity index (χ0v) is 12.9. The highest BCUT2D eigenvalue weighted by Crippen LogP contribution is 2.29. The second-order valence-corrected chi connectivity index (χ2v) is 6.11. The van der Waals surface area contributed by atoms with Crippen molar-refractivity contribution in [2.75, 3.05) is 0 Å². The van der Waals surface area contributed by atoms with Gasteiger partial charge in [-0.3, -0.25) is 0 Å². The van der Waals surface area contributed by atoms with Crippen molar-refractivity contribution in [3.63, 3.8) is 0 Å². The highest BCUT2D eigenvalue weighted by Gasteiger charge is 2.10. The van der Waals surface area contributed by atoms with E-state index >= 15 is 0 Å². The van der Waals surface area contributed by atoms with Gasteiger partial charge in [0.05, 0.1) is 0 Å². The summed E-state index contributed by atoms with van der Waals surface area (Å²) in [7, 11) is 0. The number of aliphatic hydroxyl groups is 1. The first-order valence-corrected chi connectivity index (χ1v) is 6.99. The van der Waals surface area contributed by atoms with Crippen LogP contribution in [0.4, 0.5) is 0 Å². The van der Waals surface area contributed by atoms with Gasteiger partial charge in [0.25, 0.3) is 0 Å². The molecule has 0 aliphatic rings. The van der Waals surface area contributed by atoms with E-state index in [1.807, 2.05) is 12.1 Å². The molecular formula is C17H18ClNO. The molecule has 2 aromatic rings. The highest BCUT2D eigenvalue weighted by molar-refractivity contribution is 6.30. The van der Waals surface area contributed by atoms with Crippen LogP contribution in [0.2, 0.25) is 5.15 Å². The fraction of sp³-hybridized carbons (Fsp3) is 0.353. The van der Waals surface area contributed by atoms with Crippen LogP contribution in [0.25, 0.3) is 10.8 Å². The molecule has 0 atom stereocenters. The third kappa shape index (κ3) is 3.30. The third-order valence-corrected chi connectivity index (χ3v) is 3.23. The average molecular weight is 288 g/mol. The minimum Gasteiger partial charge on any atom is -0.378 e. The van der Waals surface area contributed by atoms with Gasteiger partial charge in [-0.2, -0.15) is 0 Å². The zero-order chi connectivity index (χ0) is 14.9. The number of pyridine rings is 1. The van der Waals surface area contributed by atoms with Crippen molar-refractivity contribution >= 4 is 22.4 Å². The zero-order valence-electron chi connectivity index (χ0n) is 12.2. The molecule has 0 aliphatic heterocycles. The summed E-state index contributed by atoms with van der Waals surface area (Å²) >= 11 is 6.01. The van der Waals surface area contributed by atoms with E-state index in [1.54, 1.807) is 20.0 Å². The molecule has 2 nitrogen and oxygen atoms in total. The van der Waals surface area contributed by atoms with E-state index in [1.165, 1.54) is 5.56 Å². The maximum Gasteiger partial charge on any atom is 0.129 e. The Hall–Kier alpha value is -1.56. The lowest BCUT2D eigenvalue weighted by atomic mass is 9.94. The fourth-order valence-electron chi connectivity index (χ4n) is 2.07. The number of rotatable bonds is 1. The van der Waals surface area contributed by atoms with E-state index in [4.69, 9.17) is 11.6 Å². The first kappa shape index (κ1) is 14.8. The Morgan fingerprint density at radius 1 is 1.25 bits per heavy atom. The number of aromatic nitrogens is 1. The second kappa shape index (κ2) is 5.44. The maximum atomic E-state index is 9.73. The molecule has 0 fully saturated rings. The van der Waals surface area contributed by atoms with Crippen LogP contribution < -0.4 is 0 Å². The molecule has 20 heavy (non-hydrogen) atoms. The number of fused-ring (bicyclic) bond motifs is 1. The number of nitrogens with zero attached hydrogens (tertiary/aromatic N) is 1. The summed E-state index contributed by atoms with van der Waals surface area (Å²) in [6.07, 6.45) is 1.75. The third-order valence-electron chi connectivity index (χ3n) is 3.03. The Bertz CT molecular complexity index is 702. The Morgan fingerprint density at radius 3 is 2.55 bits per heavy atom. The second-order valence-electron chi connectivity index (χ2n) is 5.72. The van der Waals surface area contributed by atoms with Crippen molar-refractivity contribution in [1.29, 1.82) is 0 Å². The number of hydrogen-bond donors (Lipinski definition) is 1. The van der Waals surface area contributed by atoms with E-state index in [0.29, 0.717) is 11.1 Å². The highest BCUT2D eigenvalue weighted by atomic mass is 35.5. The molecule has 0 amide bonds. The molecule has 0 spiro atoms. The van der Waals surface area contributed by atoms with Gasteiger partial charge in [-0.15, -0.1) is 0 Å². The van der Waals surface area contributed by atoms with Gasteiger partial charge in [0.1, 0.15) is 10.8 Å². The number of hydrogen-bond acceptors (Lipinski definition) is 2. The molecule has 104 valence electrons. The Balaban J connectivity index is 2.70. The lowest BCUT2D eigenvalue weighted by molar-refractivity contribution is 0.143. The molecular weight excluding hydrogens is 270 g/mol. The first-order chi connectivity index (χ1) is 9.28. The maximum absolute atomic E-state index is 9.73. The largest absolute Gasteiger partial charge is 0.378 e. The smallest absolute Gasteiger partial charge is 0.129 e. The molecule has 0 saturated carbocycles. The molecule has 3 heteroatoms. The van der Waals surface area contributed by atoms with Gasteiger partial charge in [0, 0.05) is 17.1 Å². The number of benzene rings is 1. The van der Waals surface area contributed by atoms with Crippen LogP contribution in [0.15, 0.2) is 24.4 Å². The van der Waals surface area contributed by atoms with Crippen LogP contribution in [0, 0.1) is 11.8 Å². The Labute approximate surface area is 124 Å². The van der Waals surface area contributed by atoms with Gasteiger partial charge in [0.2, 0.25) is 0 Å². The van der Waals surface area contributed by atoms with Crippen LogP contribution in [0.3, 0.4) is 0 Å². The van der Waals surface area contributed by atoms with Crippen LogP contribution >= 0.6 is 11.6 Å². The van der Waals surface area contributed by atoms with E-state index in [-0.39, 0.29) is 0 Å². The van der Waals surface area contributed by atoms with Gasteiger partial charge < -0.3 is 5.11 Å². The summed E-state index contributed by atoms with van der Waals surface area (Å²) in [5, 5.41) is 12.2. The molecule has 1 aromatic carbocycles. The summed E-state index contributed by atoms with van der Waals surface area (Å²) in [6.45, 7) is 7.62. The SMILES string of the molecule is CC(C)c1ccc(C#CC(C)(C)O)c2cnc(Cl)cc12. The van der Waals surface area contributed by atoms with E-state index in [0.717, 1.165) is 16.3 Å². The molecule has 1 aromatic heterocycles. The molecule has 1 heterocycles. The summed E-state index contributed by atoms with van der Waals surface area (Å²) < 4.78 is 0.